The molecule has 0 aliphatic carbocycles. The van der Waals surface area contributed by atoms with Crippen molar-refractivity contribution in [1.82, 2.24) is 0 Å². The highest BCUT2D eigenvalue weighted by Crippen LogP contribution is 2.26. The van der Waals surface area contributed by atoms with Crippen LogP contribution in [0.15, 0.2) is 24.3 Å². The van der Waals surface area contributed by atoms with Gasteiger partial charge in [-0.05, 0) is 12.1 Å². The van der Waals surface area contributed by atoms with Gasteiger partial charge in [-0.15, -0.1) is 0 Å². The summed E-state index contributed by atoms with van der Waals surface area (Å²) in [6, 6.07) is 6.85. The molecule has 1 aromatic carbocycles. The molecule has 2 rings (SSSR count). The number of rotatable bonds is 4. The molecular formula is C14H19NO6. The van der Waals surface area contributed by atoms with Crippen molar-refractivity contribution < 1.29 is 29.6 Å². The van der Waals surface area contributed by atoms with Gasteiger partial charge in [-0.25, -0.2) is 0 Å². The lowest BCUT2D eigenvalue weighted by Crippen LogP contribution is -2.43. The molecule has 0 aromatic heterocycles. The number of carbonyl (C=O) groups is 1. The van der Waals surface area contributed by atoms with Gasteiger partial charge in [-0.2, -0.15) is 0 Å². The molecular weight excluding hydrogens is 278 g/mol. The fourth-order valence-electron chi connectivity index (χ4n) is 2.24. The first-order valence-electron chi connectivity index (χ1n) is 6.53. The Labute approximate surface area is 122 Å². The van der Waals surface area contributed by atoms with Crippen LogP contribution in [0.3, 0.4) is 0 Å². The molecule has 7 heteroatoms. The van der Waals surface area contributed by atoms with Crippen LogP contribution in [0, 0.1) is 0 Å². The SMILES string of the molecule is COc1cccc(N(C)C(=O)C2O[C@H](CO)[C@@H](O)[C@H]2O)c1. The number of likely N-dealkylation sites (N-methyl/N-ethyl adjacent to an activating group) is 1. The van der Waals surface area contributed by atoms with Crippen LogP contribution in [0.4, 0.5) is 5.69 Å². The second-order valence-corrected chi connectivity index (χ2v) is 4.86. The Hall–Kier alpha value is -1.67. The number of hydrogen-bond acceptors (Lipinski definition) is 6. The van der Waals surface area contributed by atoms with Crippen LogP contribution in [-0.4, -0.2) is 66.4 Å². The van der Waals surface area contributed by atoms with E-state index in [2.05, 4.69) is 0 Å². The van der Waals surface area contributed by atoms with E-state index in [1.54, 1.807) is 24.3 Å². The predicted octanol–water partition coefficient (Wildman–Crippen LogP) is -0.861. The summed E-state index contributed by atoms with van der Waals surface area (Å²) >= 11 is 0. The number of anilines is 1. The molecule has 1 amide bonds. The first kappa shape index (κ1) is 15.7. The van der Waals surface area contributed by atoms with E-state index in [1.165, 1.54) is 19.1 Å². The summed E-state index contributed by atoms with van der Waals surface area (Å²) in [5.74, 6) is 0.0825. The summed E-state index contributed by atoms with van der Waals surface area (Å²) in [5.41, 5.74) is 0.567. The first-order valence-corrected chi connectivity index (χ1v) is 6.53. The average molecular weight is 297 g/mol. The van der Waals surface area contributed by atoms with E-state index >= 15 is 0 Å². The number of hydrogen-bond donors (Lipinski definition) is 3. The van der Waals surface area contributed by atoms with Gasteiger partial charge in [-0.1, -0.05) is 6.07 Å². The van der Waals surface area contributed by atoms with Crippen LogP contribution < -0.4 is 9.64 Å². The summed E-state index contributed by atoms with van der Waals surface area (Å²) in [6.45, 7) is -0.467. The van der Waals surface area contributed by atoms with E-state index < -0.39 is 36.9 Å². The maximum Gasteiger partial charge on any atom is 0.258 e. The Kier molecular flexibility index (Phi) is 4.79. The maximum absolute atomic E-state index is 12.4. The van der Waals surface area contributed by atoms with Crippen molar-refractivity contribution in [2.45, 2.75) is 24.4 Å². The number of amides is 1. The Morgan fingerprint density at radius 1 is 1.38 bits per heavy atom. The highest BCUT2D eigenvalue weighted by molar-refractivity contribution is 5.97. The quantitative estimate of drug-likeness (QED) is 0.669. The molecule has 0 spiro atoms. The summed E-state index contributed by atoms with van der Waals surface area (Å²) in [6.07, 6.45) is -4.84. The fraction of sp³-hybridized carbons (Fsp3) is 0.500. The number of aliphatic hydroxyl groups is 3. The zero-order valence-corrected chi connectivity index (χ0v) is 11.8. The Balaban J connectivity index is 2.15. The highest BCUT2D eigenvalue weighted by atomic mass is 16.6. The number of methoxy groups -OCH3 is 1. The van der Waals surface area contributed by atoms with E-state index in [0.29, 0.717) is 11.4 Å². The minimum absolute atomic E-state index is 0.467. The molecule has 1 unspecified atom stereocenters. The van der Waals surface area contributed by atoms with Crippen molar-refractivity contribution in [3.63, 3.8) is 0 Å². The lowest BCUT2D eigenvalue weighted by molar-refractivity contribution is -0.133. The van der Waals surface area contributed by atoms with Crippen molar-refractivity contribution in [2.75, 3.05) is 25.7 Å². The van der Waals surface area contributed by atoms with Gasteiger partial charge < -0.3 is 29.7 Å². The average Bonchev–Trinajstić information content (AvgIpc) is 2.81. The molecule has 1 aromatic rings. The second-order valence-electron chi connectivity index (χ2n) is 4.86. The minimum atomic E-state index is -1.37. The number of aliphatic hydroxyl groups excluding tert-OH is 3. The van der Waals surface area contributed by atoms with Gasteiger partial charge in [0.2, 0.25) is 0 Å². The van der Waals surface area contributed by atoms with Crippen LogP contribution in [0.2, 0.25) is 0 Å². The number of nitrogens with zero attached hydrogens (tertiary/aromatic N) is 1. The van der Waals surface area contributed by atoms with Crippen molar-refractivity contribution in [1.29, 1.82) is 0 Å². The zero-order chi connectivity index (χ0) is 15.6. The number of ether oxygens (including phenoxy) is 2. The van der Waals surface area contributed by atoms with Crippen LogP contribution >= 0.6 is 0 Å². The Morgan fingerprint density at radius 3 is 2.67 bits per heavy atom. The molecule has 1 aliphatic heterocycles. The van der Waals surface area contributed by atoms with Gasteiger partial charge in [0.1, 0.15) is 24.1 Å². The molecule has 0 saturated carbocycles. The highest BCUT2D eigenvalue weighted by Gasteiger charge is 2.47. The topological polar surface area (TPSA) is 99.5 Å². The van der Waals surface area contributed by atoms with E-state index in [0.717, 1.165) is 0 Å². The standard InChI is InChI=1S/C14H19NO6/c1-15(8-4-3-5-9(6-8)20-2)14(19)13-12(18)11(17)10(7-16)21-13/h3-6,10-13,16-18H,7H2,1-2H3/t10-,11-,12-,13?/m1/s1. The summed E-state index contributed by atoms with van der Waals surface area (Å²) in [4.78, 5) is 13.7. The molecule has 1 aliphatic rings. The number of carbonyl (C=O) groups excluding carboxylic acids is 1. The third-order valence-corrected chi connectivity index (χ3v) is 3.56. The van der Waals surface area contributed by atoms with Gasteiger partial charge in [0.05, 0.1) is 13.7 Å². The summed E-state index contributed by atoms with van der Waals surface area (Å²) in [5, 5.41) is 28.6. The molecule has 4 atom stereocenters. The van der Waals surface area contributed by atoms with Crippen LogP contribution in [0.5, 0.6) is 5.75 Å². The smallest absolute Gasteiger partial charge is 0.258 e. The van der Waals surface area contributed by atoms with Crippen LogP contribution in [0.25, 0.3) is 0 Å². The fourth-order valence-corrected chi connectivity index (χ4v) is 2.24. The second kappa shape index (κ2) is 6.40. The van der Waals surface area contributed by atoms with Crippen molar-refractivity contribution in [2.24, 2.45) is 0 Å². The van der Waals surface area contributed by atoms with E-state index in [1.807, 2.05) is 0 Å². The van der Waals surface area contributed by atoms with Gasteiger partial charge in [-0.3, -0.25) is 4.79 Å². The number of benzene rings is 1. The van der Waals surface area contributed by atoms with Crippen molar-refractivity contribution >= 4 is 11.6 Å². The molecule has 1 heterocycles. The maximum atomic E-state index is 12.4. The lowest BCUT2D eigenvalue weighted by atomic mass is 10.1. The molecule has 7 nitrogen and oxygen atoms in total. The first-order chi connectivity index (χ1) is 9.99. The molecule has 0 radical (unpaired) electrons. The summed E-state index contributed by atoms with van der Waals surface area (Å²) < 4.78 is 10.3. The molecule has 116 valence electrons. The molecule has 21 heavy (non-hydrogen) atoms. The van der Waals surface area contributed by atoms with Gasteiger partial charge >= 0.3 is 0 Å². The monoisotopic (exact) mass is 297 g/mol. The Bertz CT molecular complexity index is 508. The van der Waals surface area contributed by atoms with E-state index in [-0.39, 0.29) is 0 Å². The molecule has 3 N–H and O–H groups in total. The molecule has 1 fully saturated rings. The third kappa shape index (κ3) is 3.01. The lowest BCUT2D eigenvalue weighted by Gasteiger charge is -2.23. The minimum Gasteiger partial charge on any atom is -0.497 e. The van der Waals surface area contributed by atoms with Gasteiger partial charge in [0.15, 0.2) is 6.10 Å². The third-order valence-electron chi connectivity index (χ3n) is 3.56. The van der Waals surface area contributed by atoms with Gasteiger partial charge in [0, 0.05) is 18.8 Å². The largest absolute Gasteiger partial charge is 0.497 e. The van der Waals surface area contributed by atoms with Crippen LogP contribution in [-0.2, 0) is 9.53 Å². The van der Waals surface area contributed by atoms with Crippen molar-refractivity contribution in [3.05, 3.63) is 24.3 Å². The Morgan fingerprint density at radius 2 is 2.10 bits per heavy atom. The molecule has 1 saturated heterocycles. The van der Waals surface area contributed by atoms with Crippen molar-refractivity contribution in [3.8, 4) is 5.75 Å². The molecule has 0 bridgehead atoms. The van der Waals surface area contributed by atoms with Gasteiger partial charge in [0.25, 0.3) is 5.91 Å². The van der Waals surface area contributed by atoms with E-state index in [4.69, 9.17) is 14.6 Å². The normalized spacial score (nSPS) is 28.4. The van der Waals surface area contributed by atoms with Crippen LogP contribution in [0.1, 0.15) is 0 Å². The van der Waals surface area contributed by atoms with E-state index in [9.17, 15) is 15.0 Å². The summed E-state index contributed by atoms with van der Waals surface area (Å²) in [7, 11) is 3.05. The predicted molar refractivity (Wildman–Crippen MR) is 74.2 cm³/mol. The zero-order valence-electron chi connectivity index (χ0n) is 11.8.